The Kier molecular flexibility index (Phi) is 6.83. The van der Waals surface area contributed by atoms with Gasteiger partial charge in [-0.2, -0.15) is 0 Å². The van der Waals surface area contributed by atoms with E-state index in [4.69, 9.17) is 23.8 Å². The Morgan fingerprint density at radius 2 is 0.912 bits per heavy atom. The lowest BCUT2D eigenvalue weighted by atomic mass is 9.98. The van der Waals surface area contributed by atoms with Gasteiger partial charge in [0.15, 0.2) is 23.1 Å². The maximum Gasteiger partial charge on any atom is 0.164 e. The zero-order chi connectivity index (χ0) is 37.5. The molecule has 4 aromatic heterocycles. The van der Waals surface area contributed by atoms with Crippen LogP contribution in [-0.2, 0) is 0 Å². The Hall–Kier alpha value is -7.83. The average molecular weight is 731 g/mol. The van der Waals surface area contributed by atoms with E-state index in [9.17, 15) is 0 Å². The van der Waals surface area contributed by atoms with Crippen molar-refractivity contribution in [2.45, 2.75) is 0 Å². The number of rotatable bonds is 5. The highest BCUT2D eigenvalue weighted by atomic mass is 16.3. The lowest BCUT2D eigenvalue weighted by Gasteiger charge is -2.12. The van der Waals surface area contributed by atoms with Crippen LogP contribution in [0.2, 0.25) is 0 Å². The van der Waals surface area contributed by atoms with Gasteiger partial charge in [0.25, 0.3) is 0 Å². The van der Waals surface area contributed by atoms with Crippen LogP contribution in [0.1, 0.15) is 0 Å². The van der Waals surface area contributed by atoms with Crippen molar-refractivity contribution in [3.05, 3.63) is 182 Å². The maximum absolute atomic E-state index is 7.00. The molecule has 12 aromatic rings. The highest BCUT2D eigenvalue weighted by Crippen LogP contribution is 2.44. The van der Waals surface area contributed by atoms with Gasteiger partial charge in [0.2, 0.25) is 0 Å². The lowest BCUT2D eigenvalue weighted by Crippen LogP contribution is -2.00. The number of aromatic nitrogens is 4. The first-order valence-electron chi connectivity index (χ1n) is 19.0. The average Bonchev–Trinajstić information content (AvgIpc) is 3.96. The van der Waals surface area contributed by atoms with Gasteiger partial charge in [-0.15, -0.1) is 0 Å². The molecule has 0 bridgehead atoms. The smallest absolute Gasteiger partial charge is 0.164 e. The Labute approximate surface area is 325 Å². The third kappa shape index (κ3) is 4.94. The standard InChI is InChI=1S/C51H30N4O2/c1-3-14-31(15-4-1)49-52-50(32-16-5-2-6-17-32)54-51(53-49)38-21-13-25-46-47(38)40-29-34(33-26-27-45-39(28-33)37-20-9-12-24-44(37)56-45)30-43(48(40)57-46)55-41-22-10-7-18-35(41)36-19-8-11-23-42(36)55/h1-30H. The van der Waals surface area contributed by atoms with Gasteiger partial charge in [0.05, 0.1) is 16.7 Å². The van der Waals surface area contributed by atoms with Crippen molar-refractivity contribution in [2.24, 2.45) is 0 Å². The first-order chi connectivity index (χ1) is 28.2. The molecule has 57 heavy (non-hydrogen) atoms. The van der Waals surface area contributed by atoms with Gasteiger partial charge >= 0.3 is 0 Å². The number of furan rings is 2. The van der Waals surface area contributed by atoms with Crippen molar-refractivity contribution < 1.29 is 8.83 Å². The summed E-state index contributed by atoms with van der Waals surface area (Å²) >= 11 is 0. The van der Waals surface area contributed by atoms with Gasteiger partial charge in [-0.3, -0.25) is 0 Å². The number of benzene rings is 8. The molecule has 4 heterocycles. The second-order valence-electron chi connectivity index (χ2n) is 14.4. The van der Waals surface area contributed by atoms with Crippen molar-refractivity contribution in [1.82, 2.24) is 19.5 Å². The van der Waals surface area contributed by atoms with Crippen LogP contribution in [0.25, 0.3) is 117 Å². The SMILES string of the molecule is c1ccc(-c2nc(-c3ccccc3)nc(-c3cccc4oc5c(-n6c7ccccc7c7ccccc76)cc(-c6ccc7oc8ccccc8c7c6)cc5c34)n2)cc1. The summed E-state index contributed by atoms with van der Waals surface area (Å²) in [4.78, 5) is 15.3. The van der Waals surface area contributed by atoms with Crippen molar-refractivity contribution in [3.63, 3.8) is 0 Å². The third-order valence-electron chi connectivity index (χ3n) is 11.0. The first kappa shape index (κ1) is 31.5. The van der Waals surface area contributed by atoms with Crippen LogP contribution in [-0.4, -0.2) is 19.5 Å². The molecule has 6 heteroatoms. The minimum Gasteiger partial charge on any atom is -0.456 e. The van der Waals surface area contributed by atoms with E-state index in [1.807, 2.05) is 84.9 Å². The van der Waals surface area contributed by atoms with Crippen LogP contribution >= 0.6 is 0 Å². The minimum atomic E-state index is 0.575. The van der Waals surface area contributed by atoms with E-state index in [1.165, 1.54) is 10.8 Å². The van der Waals surface area contributed by atoms with E-state index in [-0.39, 0.29) is 0 Å². The highest BCUT2D eigenvalue weighted by molar-refractivity contribution is 6.17. The molecule has 0 atom stereocenters. The fraction of sp³-hybridized carbons (Fsp3) is 0. The number of hydrogen-bond acceptors (Lipinski definition) is 5. The summed E-state index contributed by atoms with van der Waals surface area (Å²) in [5, 5.41) is 6.44. The summed E-state index contributed by atoms with van der Waals surface area (Å²) in [6.45, 7) is 0. The number of fused-ring (bicyclic) bond motifs is 9. The Bertz CT molecular complexity index is 3410. The van der Waals surface area contributed by atoms with E-state index in [1.54, 1.807) is 0 Å². The van der Waals surface area contributed by atoms with Crippen LogP contribution in [0.4, 0.5) is 0 Å². The van der Waals surface area contributed by atoms with Gasteiger partial charge in [0.1, 0.15) is 16.7 Å². The molecule has 0 saturated carbocycles. The van der Waals surface area contributed by atoms with E-state index in [2.05, 4.69) is 102 Å². The lowest BCUT2D eigenvalue weighted by molar-refractivity contribution is 0.666. The molecule has 0 spiro atoms. The molecule has 0 fully saturated rings. The fourth-order valence-electron chi connectivity index (χ4n) is 8.45. The quantitative estimate of drug-likeness (QED) is 0.176. The maximum atomic E-state index is 7.00. The molecule has 12 rings (SSSR count). The molecule has 0 saturated heterocycles. The van der Waals surface area contributed by atoms with Gasteiger partial charge in [-0.05, 0) is 59.7 Å². The molecular weight excluding hydrogens is 701 g/mol. The normalized spacial score (nSPS) is 11.9. The fourth-order valence-corrected chi connectivity index (χ4v) is 8.45. The predicted molar refractivity (Wildman–Crippen MR) is 230 cm³/mol. The monoisotopic (exact) mass is 730 g/mol. The van der Waals surface area contributed by atoms with Crippen molar-refractivity contribution in [1.29, 1.82) is 0 Å². The summed E-state index contributed by atoms with van der Waals surface area (Å²) in [7, 11) is 0. The summed E-state index contributed by atoms with van der Waals surface area (Å²) in [5.74, 6) is 1.79. The van der Waals surface area contributed by atoms with Gasteiger partial charge in [-0.25, -0.2) is 15.0 Å². The molecule has 6 nitrogen and oxygen atoms in total. The zero-order valence-corrected chi connectivity index (χ0v) is 30.4. The van der Waals surface area contributed by atoms with E-state index in [0.29, 0.717) is 17.5 Å². The Morgan fingerprint density at radius 1 is 0.351 bits per heavy atom. The number of para-hydroxylation sites is 3. The second kappa shape index (κ2) is 12.3. The van der Waals surface area contributed by atoms with E-state index >= 15 is 0 Å². The van der Waals surface area contributed by atoms with Crippen LogP contribution in [0.3, 0.4) is 0 Å². The van der Waals surface area contributed by atoms with Gasteiger partial charge < -0.3 is 13.4 Å². The number of hydrogen-bond donors (Lipinski definition) is 0. The molecule has 8 aromatic carbocycles. The summed E-state index contributed by atoms with van der Waals surface area (Å²) in [6.07, 6.45) is 0. The molecule has 0 aliphatic heterocycles. The zero-order valence-electron chi connectivity index (χ0n) is 30.4. The molecule has 0 amide bonds. The molecule has 0 aliphatic carbocycles. The van der Waals surface area contributed by atoms with Crippen LogP contribution in [0.5, 0.6) is 0 Å². The number of nitrogens with zero attached hydrogens (tertiary/aromatic N) is 4. The summed E-state index contributed by atoms with van der Waals surface area (Å²) in [6, 6.07) is 62.7. The summed E-state index contributed by atoms with van der Waals surface area (Å²) < 4.78 is 15.6. The first-order valence-corrected chi connectivity index (χ1v) is 19.0. The molecular formula is C51H30N4O2. The van der Waals surface area contributed by atoms with Crippen molar-refractivity contribution in [2.75, 3.05) is 0 Å². The Balaban J connectivity index is 1.18. The molecule has 0 N–H and O–H groups in total. The summed E-state index contributed by atoms with van der Waals surface area (Å²) in [5.41, 5.74) is 11.2. The van der Waals surface area contributed by atoms with Crippen LogP contribution < -0.4 is 0 Å². The minimum absolute atomic E-state index is 0.575. The van der Waals surface area contributed by atoms with Crippen LogP contribution in [0, 0.1) is 0 Å². The van der Waals surface area contributed by atoms with Gasteiger partial charge in [0, 0.05) is 49.0 Å². The highest BCUT2D eigenvalue weighted by Gasteiger charge is 2.23. The molecule has 266 valence electrons. The second-order valence-corrected chi connectivity index (χ2v) is 14.4. The van der Waals surface area contributed by atoms with Crippen molar-refractivity contribution in [3.8, 4) is 51.0 Å². The van der Waals surface area contributed by atoms with E-state index in [0.717, 1.165) is 88.4 Å². The molecule has 0 radical (unpaired) electrons. The third-order valence-corrected chi connectivity index (χ3v) is 11.0. The van der Waals surface area contributed by atoms with Gasteiger partial charge in [-0.1, -0.05) is 133 Å². The van der Waals surface area contributed by atoms with Crippen molar-refractivity contribution >= 4 is 65.7 Å². The Morgan fingerprint density at radius 3 is 1.61 bits per heavy atom. The molecule has 0 unspecified atom stereocenters. The van der Waals surface area contributed by atoms with E-state index < -0.39 is 0 Å². The largest absolute Gasteiger partial charge is 0.456 e. The van der Waals surface area contributed by atoms with Crippen LogP contribution in [0.15, 0.2) is 191 Å². The topological polar surface area (TPSA) is 69.9 Å². The predicted octanol–water partition coefficient (Wildman–Crippen LogP) is 13.4. The molecule has 0 aliphatic rings.